The van der Waals surface area contributed by atoms with Crippen LogP contribution in [-0.4, -0.2) is 77.2 Å². The summed E-state index contributed by atoms with van der Waals surface area (Å²) in [5.41, 5.74) is 1.09. The molecule has 3 atom stereocenters. The minimum Gasteiger partial charge on any atom is -0.497 e. The summed E-state index contributed by atoms with van der Waals surface area (Å²) in [4.78, 5) is 17.3. The predicted octanol–water partition coefficient (Wildman–Crippen LogP) is 4.64. The second kappa shape index (κ2) is 13.5. The van der Waals surface area contributed by atoms with E-state index in [0.29, 0.717) is 30.9 Å². The number of carbonyl (C=O) groups is 1. The second-order valence-electron chi connectivity index (χ2n) is 10.6. The van der Waals surface area contributed by atoms with Crippen molar-refractivity contribution in [3.05, 3.63) is 83.7 Å². The largest absolute Gasteiger partial charge is 0.497 e. The molecule has 1 heterocycles. The van der Waals surface area contributed by atoms with Crippen LogP contribution in [0.25, 0.3) is 0 Å². The van der Waals surface area contributed by atoms with Gasteiger partial charge >= 0.3 is 0 Å². The number of rotatable bonds is 7. The molecule has 0 unspecified atom stereocenters. The van der Waals surface area contributed by atoms with Gasteiger partial charge in [0, 0.05) is 57.5 Å². The first-order chi connectivity index (χ1) is 20.0. The van der Waals surface area contributed by atoms with E-state index in [9.17, 15) is 17.6 Å². The lowest BCUT2D eigenvalue weighted by atomic mass is 10.0. The van der Waals surface area contributed by atoms with Gasteiger partial charge in [-0.25, -0.2) is 12.8 Å². The third kappa shape index (κ3) is 7.39. The average molecular weight is 600 g/mol. The van der Waals surface area contributed by atoms with E-state index in [4.69, 9.17) is 14.2 Å². The monoisotopic (exact) mass is 599 g/mol. The molecule has 1 aliphatic heterocycles. The lowest BCUT2D eigenvalue weighted by Crippen LogP contribution is -2.46. The van der Waals surface area contributed by atoms with Gasteiger partial charge in [0.05, 0.1) is 29.4 Å². The van der Waals surface area contributed by atoms with E-state index in [0.717, 1.165) is 0 Å². The van der Waals surface area contributed by atoms with Crippen molar-refractivity contribution in [2.24, 2.45) is 5.92 Å². The Morgan fingerprint density at radius 2 is 1.79 bits per heavy atom. The number of nitrogens with zero attached hydrogens (tertiary/aromatic N) is 2. The molecule has 0 saturated carbocycles. The van der Waals surface area contributed by atoms with Crippen molar-refractivity contribution < 1.29 is 31.8 Å². The highest BCUT2D eigenvalue weighted by Gasteiger charge is 2.29. The van der Waals surface area contributed by atoms with Gasteiger partial charge in [-0.15, -0.1) is 0 Å². The van der Waals surface area contributed by atoms with Crippen molar-refractivity contribution >= 4 is 21.6 Å². The maximum absolute atomic E-state index is 14.6. The van der Waals surface area contributed by atoms with Crippen molar-refractivity contribution in [2.75, 3.05) is 45.7 Å². The summed E-state index contributed by atoms with van der Waals surface area (Å²) in [5, 5.41) is 0. The number of ether oxygens (including phenoxy) is 3. The number of sulfonamides is 1. The van der Waals surface area contributed by atoms with Crippen LogP contribution in [-0.2, 0) is 21.3 Å². The van der Waals surface area contributed by atoms with Crippen LogP contribution >= 0.6 is 0 Å². The molecule has 3 aromatic carbocycles. The van der Waals surface area contributed by atoms with Gasteiger partial charge < -0.3 is 19.1 Å². The fourth-order valence-corrected chi connectivity index (χ4v) is 6.04. The van der Waals surface area contributed by atoms with Crippen molar-refractivity contribution in [3.8, 4) is 11.5 Å². The number of hydrogen-bond acceptors (Lipinski definition) is 7. The van der Waals surface area contributed by atoms with E-state index in [2.05, 4.69) is 16.5 Å². The molecule has 0 saturated heterocycles. The van der Waals surface area contributed by atoms with Crippen LogP contribution in [0.15, 0.2) is 71.6 Å². The molecule has 0 bridgehead atoms. The minimum absolute atomic E-state index is 0.0202. The smallest absolute Gasteiger partial charge is 0.262 e. The van der Waals surface area contributed by atoms with Crippen LogP contribution in [0.3, 0.4) is 0 Å². The van der Waals surface area contributed by atoms with E-state index in [1.807, 2.05) is 13.0 Å². The molecule has 42 heavy (non-hydrogen) atoms. The zero-order valence-electron chi connectivity index (χ0n) is 24.5. The highest BCUT2D eigenvalue weighted by Crippen LogP contribution is 2.29. The Morgan fingerprint density at radius 1 is 1.02 bits per heavy atom. The molecule has 3 aromatic rings. The highest BCUT2D eigenvalue weighted by atomic mass is 32.2. The number of likely N-dealkylation sites (N-methyl/N-ethyl adjacent to an activating group) is 1. The van der Waals surface area contributed by atoms with E-state index in [1.165, 1.54) is 37.4 Å². The molecule has 11 heteroatoms. The van der Waals surface area contributed by atoms with Crippen LogP contribution < -0.4 is 14.2 Å². The standard InChI is InChI=1S/C31H38FN3O6S/c1-21-17-35(18-23-9-6-7-12-28(23)32)22(2)20-41-29-15-24(13-14-27(29)31(36)34(3)19-30(21)40-5)33-42(37,38)26-11-8-10-25(16-26)39-4/h6-16,21-22,30,33H,17-20H2,1-5H3/t21-,22+,30+/m1/s1. The topological polar surface area (TPSA) is 97.4 Å². The highest BCUT2D eigenvalue weighted by molar-refractivity contribution is 7.92. The molecule has 1 amide bonds. The Balaban J connectivity index is 1.67. The van der Waals surface area contributed by atoms with E-state index in [1.54, 1.807) is 49.4 Å². The van der Waals surface area contributed by atoms with Gasteiger partial charge in [-0.05, 0) is 43.2 Å². The Kier molecular flexibility index (Phi) is 10.1. The van der Waals surface area contributed by atoms with Gasteiger partial charge in [-0.1, -0.05) is 31.2 Å². The molecule has 0 radical (unpaired) electrons. The van der Waals surface area contributed by atoms with E-state index >= 15 is 0 Å². The maximum Gasteiger partial charge on any atom is 0.262 e. The second-order valence-corrected chi connectivity index (χ2v) is 12.3. The Bertz CT molecular complexity index is 1500. The summed E-state index contributed by atoms with van der Waals surface area (Å²) in [6.45, 7) is 5.46. The zero-order chi connectivity index (χ0) is 30.4. The molecule has 0 aliphatic carbocycles. The molecular weight excluding hydrogens is 561 g/mol. The van der Waals surface area contributed by atoms with Crippen LogP contribution in [0.4, 0.5) is 10.1 Å². The normalized spacial score (nSPS) is 20.6. The van der Waals surface area contributed by atoms with Crippen LogP contribution in [0.1, 0.15) is 29.8 Å². The lowest BCUT2D eigenvalue weighted by Gasteiger charge is -2.36. The van der Waals surface area contributed by atoms with Crippen molar-refractivity contribution in [1.29, 1.82) is 0 Å². The third-order valence-corrected chi connectivity index (χ3v) is 8.89. The summed E-state index contributed by atoms with van der Waals surface area (Å²) >= 11 is 0. The molecule has 226 valence electrons. The molecule has 0 spiro atoms. The number of carbonyl (C=O) groups excluding carboxylic acids is 1. The number of hydrogen-bond donors (Lipinski definition) is 1. The molecular formula is C31H38FN3O6S. The summed E-state index contributed by atoms with van der Waals surface area (Å²) in [6.07, 6.45) is -0.271. The Morgan fingerprint density at radius 3 is 2.50 bits per heavy atom. The number of halogens is 1. The fraction of sp³-hybridized carbons (Fsp3) is 0.387. The SMILES string of the molecule is COc1cccc(S(=O)(=O)Nc2ccc3c(c2)OC[C@H](C)N(Cc2ccccc2F)C[C@@H](C)[C@@H](OC)CN(C)C3=O)c1. The number of amides is 1. The minimum atomic E-state index is -3.95. The van der Waals surface area contributed by atoms with Crippen molar-refractivity contribution in [2.45, 2.75) is 37.4 Å². The Labute approximate surface area is 247 Å². The Hall–Kier alpha value is -3.67. The van der Waals surface area contributed by atoms with E-state index < -0.39 is 10.0 Å². The van der Waals surface area contributed by atoms with Crippen LogP contribution in [0, 0.1) is 11.7 Å². The molecule has 0 fully saturated rings. The number of anilines is 1. The number of fused-ring (bicyclic) bond motifs is 1. The predicted molar refractivity (Wildman–Crippen MR) is 159 cm³/mol. The van der Waals surface area contributed by atoms with Crippen molar-refractivity contribution in [1.82, 2.24) is 9.80 Å². The first-order valence-corrected chi connectivity index (χ1v) is 15.2. The number of nitrogens with one attached hydrogen (secondary N) is 1. The van der Waals surface area contributed by atoms with Gasteiger partial charge in [0.2, 0.25) is 0 Å². The maximum atomic E-state index is 14.6. The summed E-state index contributed by atoms with van der Waals surface area (Å²) in [7, 11) is 0.817. The summed E-state index contributed by atoms with van der Waals surface area (Å²) in [6, 6.07) is 17.2. The molecule has 4 rings (SSSR count). The quantitative estimate of drug-likeness (QED) is 0.423. The van der Waals surface area contributed by atoms with Crippen LogP contribution in [0.5, 0.6) is 11.5 Å². The number of benzene rings is 3. The summed E-state index contributed by atoms with van der Waals surface area (Å²) in [5.74, 6) is 0.101. The van der Waals surface area contributed by atoms with Crippen LogP contribution in [0.2, 0.25) is 0 Å². The zero-order valence-corrected chi connectivity index (χ0v) is 25.4. The van der Waals surface area contributed by atoms with Gasteiger partial charge in [0.25, 0.3) is 15.9 Å². The van der Waals surface area contributed by atoms with Crippen molar-refractivity contribution in [3.63, 3.8) is 0 Å². The molecule has 1 N–H and O–H groups in total. The first kappa shape index (κ1) is 31.3. The molecule has 1 aliphatic rings. The van der Waals surface area contributed by atoms with Gasteiger partial charge in [0.15, 0.2) is 0 Å². The molecule has 9 nitrogen and oxygen atoms in total. The third-order valence-electron chi connectivity index (χ3n) is 7.51. The van der Waals surface area contributed by atoms with Gasteiger partial charge in [-0.2, -0.15) is 0 Å². The van der Waals surface area contributed by atoms with Gasteiger partial charge in [-0.3, -0.25) is 14.4 Å². The molecule has 0 aromatic heterocycles. The van der Waals surface area contributed by atoms with E-state index in [-0.39, 0.29) is 58.3 Å². The lowest BCUT2D eigenvalue weighted by molar-refractivity contribution is 0.00904. The number of methoxy groups -OCH3 is 2. The average Bonchev–Trinajstić information content (AvgIpc) is 2.98. The summed E-state index contributed by atoms with van der Waals surface area (Å²) < 4.78 is 60.6. The fourth-order valence-electron chi connectivity index (χ4n) is 4.96. The first-order valence-electron chi connectivity index (χ1n) is 13.7. The van der Waals surface area contributed by atoms with Gasteiger partial charge in [0.1, 0.15) is 23.9 Å².